The van der Waals surface area contributed by atoms with Gasteiger partial charge < -0.3 is 5.32 Å². The molecule has 0 aliphatic heterocycles. The summed E-state index contributed by atoms with van der Waals surface area (Å²) in [6.45, 7) is 1.57. The number of amides is 1. The minimum Gasteiger partial charge on any atom is -0.335 e. The average Bonchev–Trinajstić information content (AvgIpc) is 2.20. The number of rotatable bonds is 5. The summed E-state index contributed by atoms with van der Waals surface area (Å²) in [5.74, 6) is 0.154. The second-order valence-corrected chi connectivity index (χ2v) is 3.24. The molecular weight excluding hydrogens is 190 g/mol. The molecule has 1 rings (SSSR count). The Labute approximate surface area is 88.8 Å². The zero-order valence-electron chi connectivity index (χ0n) is 8.57. The second kappa shape index (κ2) is 5.75. The van der Waals surface area contributed by atoms with E-state index >= 15 is 0 Å². The summed E-state index contributed by atoms with van der Waals surface area (Å²) in [6.07, 6.45) is 4.43. The number of nitrogens with one attached hydrogen (secondary N) is 1. The van der Waals surface area contributed by atoms with E-state index in [-0.39, 0.29) is 5.78 Å². The average molecular weight is 203 g/mol. The summed E-state index contributed by atoms with van der Waals surface area (Å²) in [5, 5.41) is 2.43. The molecule has 1 N–H and O–H groups in total. The standard InChI is InChI=1S/C12H13NO2/c1-10(15)8-12-4-2-11(3-5-12)6-7-13-9-14/h2-7,9H,8H2,1H3,(H,13,14)/b7-6+. The molecule has 0 unspecified atom stereocenters. The van der Waals surface area contributed by atoms with E-state index in [4.69, 9.17) is 0 Å². The van der Waals surface area contributed by atoms with E-state index < -0.39 is 0 Å². The molecule has 0 aliphatic carbocycles. The van der Waals surface area contributed by atoms with Crippen LogP contribution in [-0.2, 0) is 16.0 Å². The highest BCUT2D eigenvalue weighted by Crippen LogP contribution is 2.06. The first kappa shape index (κ1) is 11.2. The highest BCUT2D eigenvalue weighted by Gasteiger charge is 1.96. The SMILES string of the molecule is CC(=O)Cc1ccc(/C=C/NC=O)cc1. The lowest BCUT2D eigenvalue weighted by Gasteiger charge is -1.98. The molecule has 1 aromatic rings. The first-order valence-corrected chi connectivity index (χ1v) is 4.67. The van der Waals surface area contributed by atoms with Crippen molar-refractivity contribution < 1.29 is 9.59 Å². The van der Waals surface area contributed by atoms with Gasteiger partial charge in [0.1, 0.15) is 5.78 Å². The van der Waals surface area contributed by atoms with Gasteiger partial charge in [0.05, 0.1) is 0 Å². The van der Waals surface area contributed by atoms with Gasteiger partial charge in [-0.1, -0.05) is 24.3 Å². The molecule has 15 heavy (non-hydrogen) atoms. The number of hydrogen-bond donors (Lipinski definition) is 1. The molecule has 0 fully saturated rings. The molecule has 0 spiro atoms. The molecule has 0 atom stereocenters. The van der Waals surface area contributed by atoms with Crippen LogP contribution in [0.5, 0.6) is 0 Å². The monoisotopic (exact) mass is 203 g/mol. The molecule has 3 nitrogen and oxygen atoms in total. The summed E-state index contributed by atoms with van der Waals surface area (Å²) >= 11 is 0. The molecule has 0 saturated heterocycles. The van der Waals surface area contributed by atoms with Crippen LogP contribution in [0.4, 0.5) is 0 Å². The molecule has 0 aliphatic rings. The number of hydrogen-bond acceptors (Lipinski definition) is 2. The predicted octanol–water partition coefficient (Wildman–Crippen LogP) is 1.53. The minimum atomic E-state index is 0.154. The number of carbonyl (C=O) groups excluding carboxylic acids is 2. The van der Waals surface area contributed by atoms with E-state index in [2.05, 4.69) is 5.32 Å². The molecule has 1 amide bonds. The van der Waals surface area contributed by atoms with Crippen LogP contribution < -0.4 is 5.32 Å². The smallest absolute Gasteiger partial charge is 0.211 e. The second-order valence-electron chi connectivity index (χ2n) is 3.24. The lowest BCUT2D eigenvalue weighted by Crippen LogP contribution is -1.98. The number of benzene rings is 1. The summed E-state index contributed by atoms with van der Waals surface area (Å²) in [4.78, 5) is 20.8. The van der Waals surface area contributed by atoms with Crippen LogP contribution in [0.25, 0.3) is 6.08 Å². The van der Waals surface area contributed by atoms with Gasteiger partial charge in [-0.3, -0.25) is 9.59 Å². The largest absolute Gasteiger partial charge is 0.335 e. The Balaban J connectivity index is 2.63. The Morgan fingerprint density at radius 2 is 2.00 bits per heavy atom. The molecule has 3 heteroatoms. The van der Waals surface area contributed by atoms with Crippen molar-refractivity contribution in [3.05, 3.63) is 41.6 Å². The molecule has 0 saturated carbocycles. The van der Waals surface area contributed by atoms with Crippen molar-refractivity contribution in [1.29, 1.82) is 0 Å². The highest BCUT2D eigenvalue weighted by atomic mass is 16.1. The Morgan fingerprint density at radius 1 is 1.33 bits per heavy atom. The quantitative estimate of drug-likeness (QED) is 0.738. The zero-order chi connectivity index (χ0) is 11.1. The number of carbonyl (C=O) groups is 2. The summed E-state index contributed by atoms with van der Waals surface area (Å²) in [5.41, 5.74) is 1.99. The maximum Gasteiger partial charge on any atom is 0.211 e. The van der Waals surface area contributed by atoms with Gasteiger partial charge in [0.2, 0.25) is 6.41 Å². The molecule has 0 aromatic heterocycles. The van der Waals surface area contributed by atoms with Crippen LogP contribution in [-0.4, -0.2) is 12.2 Å². The lowest BCUT2D eigenvalue weighted by molar-refractivity contribution is -0.116. The Hall–Kier alpha value is -1.90. The van der Waals surface area contributed by atoms with Crippen molar-refractivity contribution in [2.75, 3.05) is 0 Å². The zero-order valence-corrected chi connectivity index (χ0v) is 8.57. The Kier molecular flexibility index (Phi) is 4.29. The summed E-state index contributed by atoms with van der Waals surface area (Å²) < 4.78 is 0. The molecule has 0 bridgehead atoms. The number of Topliss-reactive ketones (excluding diaryl/α,β-unsaturated/α-hetero) is 1. The van der Waals surface area contributed by atoms with Crippen molar-refractivity contribution in [3.63, 3.8) is 0 Å². The first-order chi connectivity index (χ1) is 7.22. The van der Waals surface area contributed by atoms with Gasteiger partial charge in [0, 0.05) is 12.6 Å². The molecule has 0 radical (unpaired) electrons. The minimum absolute atomic E-state index is 0.154. The molecular formula is C12H13NO2. The van der Waals surface area contributed by atoms with Gasteiger partial charge in [-0.15, -0.1) is 0 Å². The fraction of sp³-hybridized carbons (Fsp3) is 0.167. The fourth-order valence-corrected chi connectivity index (χ4v) is 1.22. The van der Waals surface area contributed by atoms with Gasteiger partial charge in [0.25, 0.3) is 0 Å². The Bertz CT molecular complexity index is 366. The van der Waals surface area contributed by atoms with Crippen LogP contribution in [0.2, 0.25) is 0 Å². The van der Waals surface area contributed by atoms with E-state index in [1.165, 1.54) is 0 Å². The van der Waals surface area contributed by atoms with E-state index in [1.807, 2.05) is 24.3 Å². The van der Waals surface area contributed by atoms with Crippen molar-refractivity contribution in [2.24, 2.45) is 0 Å². The van der Waals surface area contributed by atoms with Crippen LogP contribution in [0.15, 0.2) is 30.5 Å². The van der Waals surface area contributed by atoms with E-state index in [1.54, 1.807) is 19.2 Å². The van der Waals surface area contributed by atoms with E-state index in [9.17, 15) is 9.59 Å². The van der Waals surface area contributed by atoms with Crippen molar-refractivity contribution in [1.82, 2.24) is 5.32 Å². The number of ketones is 1. The summed E-state index contributed by atoms with van der Waals surface area (Å²) in [6, 6.07) is 7.62. The van der Waals surface area contributed by atoms with E-state index in [0.717, 1.165) is 11.1 Å². The Morgan fingerprint density at radius 3 is 2.53 bits per heavy atom. The molecule has 78 valence electrons. The van der Waals surface area contributed by atoms with Crippen molar-refractivity contribution in [2.45, 2.75) is 13.3 Å². The van der Waals surface area contributed by atoms with Gasteiger partial charge in [-0.2, -0.15) is 0 Å². The van der Waals surface area contributed by atoms with Crippen molar-refractivity contribution in [3.8, 4) is 0 Å². The predicted molar refractivity (Wildman–Crippen MR) is 59.1 cm³/mol. The van der Waals surface area contributed by atoms with Gasteiger partial charge in [0.15, 0.2) is 0 Å². The maximum absolute atomic E-state index is 10.8. The molecule has 1 aromatic carbocycles. The highest BCUT2D eigenvalue weighted by molar-refractivity contribution is 5.78. The van der Waals surface area contributed by atoms with Gasteiger partial charge >= 0.3 is 0 Å². The normalized spacial score (nSPS) is 10.2. The third-order valence-electron chi connectivity index (χ3n) is 1.87. The van der Waals surface area contributed by atoms with Crippen LogP contribution in [0.1, 0.15) is 18.1 Å². The molecule has 0 heterocycles. The first-order valence-electron chi connectivity index (χ1n) is 4.67. The summed E-state index contributed by atoms with van der Waals surface area (Å²) in [7, 11) is 0. The van der Waals surface area contributed by atoms with Crippen LogP contribution in [0.3, 0.4) is 0 Å². The van der Waals surface area contributed by atoms with E-state index in [0.29, 0.717) is 12.8 Å². The third-order valence-corrected chi connectivity index (χ3v) is 1.87. The fourth-order valence-electron chi connectivity index (χ4n) is 1.22. The van der Waals surface area contributed by atoms with Crippen LogP contribution in [0, 0.1) is 0 Å². The third kappa shape index (κ3) is 4.22. The van der Waals surface area contributed by atoms with Gasteiger partial charge in [-0.25, -0.2) is 0 Å². The van der Waals surface area contributed by atoms with Crippen LogP contribution >= 0.6 is 0 Å². The topological polar surface area (TPSA) is 46.2 Å². The van der Waals surface area contributed by atoms with Crippen molar-refractivity contribution >= 4 is 18.3 Å². The van der Waals surface area contributed by atoms with Gasteiger partial charge in [-0.05, 0) is 24.1 Å². The lowest BCUT2D eigenvalue weighted by atomic mass is 10.1. The maximum atomic E-state index is 10.8.